The maximum atomic E-state index is 12.2. The zero-order valence-corrected chi connectivity index (χ0v) is 12.3. The molecule has 0 bridgehead atoms. The largest absolute Gasteiger partial charge is 0.481 e. The topological polar surface area (TPSA) is 95.5 Å². The Labute approximate surface area is 119 Å². The predicted molar refractivity (Wildman–Crippen MR) is 74.0 cm³/mol. The van der Waals surface area contributed by atoms with Crippen molar-refractivity contribution < 1.29 is 19.5 Å². The second kappa shape index (κ2) is 7.26. The Balaban J connectivity index is 2.60. The highest BCUT2D eigenvalue weighted by atomic mass is 16.4. The Bertz CT molecular complexity index is 381. The van der Waals surface area contributed by atoms with Crippen molar-refractivity contribution in [1.29, 1.82) is 0 Å². The third-order valence-electron chi connectivity index (χ3n) is 3.60. The summed E-state index contributed by atoms with van der Waals surface area (Å²) in [6.07, 6.45) is 2.79. The first-order valence-corrected chi connectivity index (χ1v) is 7.16. The first-order chi connectivity index (χ1) is 9.32. The van der Waals surface area contributed by atoms with Gasteiger partial charge in [0.05, 0.1) is 11.8 Å². The highest BCUT2D eigenvalue weighted by molar-refractivity contribution is 5.90. The number of hydrogen-bond acceptors (Lipinski definition) is 3. The van der Waals surface area contributed by atoms with E-state index >= 15 is 0 Å². The van der Waals surface area contributed by atoms with Gasteiger partial charge in [0.1, 0.15) is 6.04 Å². The summed E-state index contributed by atoms with van der Waals surface area (Å²) >= 11 is 0. The van der Waals surface area contributed by atoms with Crippen LogP contribution in [-0.2, 0) is 14.4 Å². The van der Waals surface area contributed by atoms with Gasteiger partial charge in [-0.3, -0.25) is 14.4 Å². The monoisotopic (exact) mass is 284 g/mol. The summed E-state index contributed by atoms with van der Waals surface area (Å²) in [4.78, 5) is 35.1. The average molecular weight is 284 g/mol. The maximum absolute atomic E-state index is 12.2. The zero-order chi connectivity index (χ0) is 15.3. The summed E-state index contributed by atoms with van der Waals surface area (Å²) in [5.74, 6) is -2.68. The Kier molecular flexibility index (Phi) is 5.98. The Morgan fingerprint density at radius 3 is 2.05 bits per heavy atom. The molecule has 3 atom stereocenters. The van der Waals surface area contributed by atoms with E-state index in [-0.39, 0.29) is 17.9 Å². The van der Waals surface area contributed by atoms with Gasteiger partial charge >= 0.3 is 5.97 Å². The fourth-order valence-electron chi connectivity index (χ4n) is 2.54. The standard InChI is InChI=1S/C14H24N2O4/c1-8(2)15-12(17)9(3)16-13(18)10-6-4-5-7-11(10)14(19)20/h8-11H,4-7H2,1-3H3,(H,15,17)(H,16,18)(H,19,20). The SMILES string of the molecule is CC(C)NC(=O)C(C)NC(=O)C1CCCCC1C(=O)O. The van der Waals surface area contributed by atoms with Crippen molar-refractivity contribution >= 4 is 17.8 Å². The molecule has 0 aliphatic heterocycles. The van der Waals surface area contributed by atoms with E-state index < -0.39 is 23.8 Å². The molecule has 2 amide bonds. The van der Waals surface area contributed by atoms with Crippen LogP contribution in [0.25, 0.3) is 0 Å². The maximum Gasteiger partial charge on any atom is 0.307 e. The predicted octanol–water partition coefficient (Wildman–Crippen LogP) is 0.907. The third-order valence-corrected chi connectivity index (χ3v) is 3.60. The number of carbonyl (C=O) groups is 3. The molecule has 1 aliphatic rings. The van der Waals surface area contributed by atoms with E-state index in [2.05, 4.69) is 10.6 Å². The molecular formula is C14H24N2O4. The van der Waals surface area contributed by atoms with E-state index in [1.54, 1.807) is 6.92 Å². The molecule has 0 aromatic rings. The molecule has 20 heavy (non-hydrogen) atoms. The van der Waals surface area contributed by atoms with E-state index in [1.807, 2.05) is 13.8 Å². The van der Waals surface area contributed by atoms with Gasteiger partial charge in [0.15, 0.2) is 0 Å². The van der Waals surface area contributed by atoms with Crippen LogP contribution in [0.1, 0.15) is 46.5 Å². The van der Waals surface area contributed by atoms with Gasteiger partial charge in [0, 0.05) is 6.04 Å². The fourth-order valence-corrected chi connectivity index (χ4v) is 2.54. The summed E-state index contributed by atoms with van der Waals surface area (Å²) in [5.41, 5.74) is 0. The van der Waals surface area contributed by atoms with Gasteiger partial charge in [-0.25, -0.2) is 0 Å². The van der Waals surface area contributed by atoms with Crippen LogP contribution in [0.4, 0.5) is 0 Å². The van der Waals surface area contributed by atoms with E-state index in [0.717, 1.165) is 12.8 Å². The summed E-state index contributed by atoms with van der Waals surface area (Å²) in [6.45, 7) is 5.29. The molecule has 0 aromatic heterocycles. The Morgan fingerprint density at radius 1 is 1.00 bits per heavy atom. The van der Waals surface area contributed by atoms with E-state index in [0.29, 0.717) is 12.8 Å². The minimum atomic E-state index is -0.927. The van der Waals surface area contributed by atoms with Crippen LogP contribution in [0, 0.1) is 11.8 Å². The molecule has 0 spiro atoms. The molecule has 1 saturated carbocycles. The van der Waals surface area contributed by atoms with E-state index in [9.17, 15) is 14.4 Å². The van der Waals surface area contributed by atoms with Crippen LogP contribution in [-0.4, -0.2) is 35.0 Å². The smallest absolute Gasteiger partial charge is 0.307 e. The molecule has 3 N–H and O–H groups in total. The number of carboxylic acid groups (broad SMARTS) is 1. The molecule has 1 fully saturated rings. The number of amides is 2. The summed E-state index contributed by atoms with van der Waals surface area (Å²) < 4.78 is 0. The number of hydrogen-bond donors (Lipinski definition) is 3. The molecule has 6 heteroatoms. The number of nitrogens with one attached hydrogen (secondary N) is 2. The second-order valence-corrected chi connectivity index (χ2v) is 5.73. The molecule has 0 saturated heterocycles. The van der Waals surface area contributed by atoms with Crippen molar-refractivity contribution in [2.45, 2.75) is 58.5 Å². The Morgan fingerprint density at radius 2 is 1.55 bits per heavy atom. The van der Waals surface area contributed by atoms with Gasteiger partial charge in [0.25, 0.3) is 0 Å². The van der Waals surface area contributed by atoms with Gasteiger partial charge in [-0.2, -0.15) is 0 Å². The molecule has 114 valence electrons. The van der Waals surface area contributed by atoms with Gasteiger partial charge in [0.2, 0.25) is 11.8 Å². The molecule has 0 radical (unpaired) electrons. The van der Waals surface area contributed by atoms with Crippen molar-refractivity contribution in [2.24, 2.45) is 11.8 Å². The highest BCUT2D eigenvalue weighted by Gasteiger charge is 2.36. The van der Waals surface area contributed by atoms with Crippen molar-refractivity contribution in [3.8, 4) is 0 Å². The lowest BCUT2D eigenvalue weighted by atomic mass is 9.78. The minimum absolute atomic E-state index is 0.00306. The van der Waals surface area contributed by atoms with E-state index in [4.69, 9.17) is 5.11 Å². The summed E-state index contributed by atoms with van der Waals surface area (Å²) in [5, 5.41) is 14.5. The fraction of sp³-hybridized carbons (Fsp3) is 0.786. The van der Waals surface area contributed by atoms with Gasteiger partial charge < -0.3 is 15.7 Å². The highest BCUT2D eigenvalue weighted by Crippen LogP contribution is 2.30. The normalized spacial score (nSPS) is 24.0. The minimum Gasteiger partial charge on any atom is -0.481 e. The molecule has 3 unspecified atom stereocenters. The molecule has 0 heterocycles. The number of rotatable bonds is 5. The Hall–Kier alpha value is -1.59. The summed E-state index contributed by atoms with van der Waals surface area (Å²) in [7, 11) is 0. The van der Waals surface area contributed by atoms with Crippen LogP contribution < -0.4 is 10.6 Å². The van der Waals surface area contributed by atoms with Crippen molar-refractivity contribution in [3.05, 3.63) is 0 Å². The molecule has 1 rings (SSSR count). The first-order valence-electron chi connectivity index (χ1n) is 7.16. The van der Waals surface area contributed by atoms with Crippen molar-refractivity contribution in [1.82, 2.24) is 10.6 Å². The van der Waals surface area contributed by atoms with Crippen LogP contribution in [0.15, 0.2) is 0 Å². The third kappa shape index (κ3) is 4.51. The molecule has 6 nitrogen and oxygen atoms in total. The quantitative estimate of drug-likeness (QED) is 0.699. The van der Waals surface area contributed by atoms with Crippen LogP contribution >= 0.6 is 0 Å². The van der Waals surface area contributed by atoms with Crippen LogP contribution in [0.5, 0.6) is 0 Å². The first kappa shape index (κ1) is 16.5. The van der Waals surface area contributed by atoms with Crippen LogP contribution in [0.2, 0.25) is 0 Å². The zero-order valence-electron chi connectivity index (χ0n) is 12.3. The molecular weight excluding hydrogens is 260 g/mol. The van der Waals surface area contributed by atoms with Gasteiger partial charge in [-0.1, -0.05) is 12.8 Å². The second-order valence-electron chi connectivity index (χ2n) is 5.73. The van der Waals surface area contributed by atoms with Crippen molar-refractivity contribution in [3.63, 3.8) is 0 Å². The van der Waals surface area contributed by atoms with Crippen molar-refractivity contribution in [2.75, 3.05) is 0 Å². The summed E-state index contributed by atoms with van der Waals surface area (Å²) in [6, 6.07) is -0.649. The van der Waals surface area contributed by atoms with Gasteiger partial charge in [-0.15, -0.1) is 0 Å². The van der Waals surface area contributed by atoms with Gasteiger partial charge in [-0.05, 0) is 33.6 Å². The number of carbonyl (C=O) groups excluding carboxylic acids is 2. The van der Waals surface area contributed by atoms with E-state index in [1.165, 1.54) is 0 Å². The van der Waals surface area contributed by atoms with Crippen LogP contribution in [0.3, 0.4) is 0 Å². The lowest BCUT2D eigenvalue weighted by Gasteiger charge is -2.28. The lowest BCUT2D eigenvalue weighted by Crippen LogP contribution is -2.50. The number of carboxylic acids is 1. The molecule has 0 aromatic carbocycles. The molecule has 1 aliphatic carbocycles. The average Bonchev–Trinajstić information content (AvgIpc) is 2.37. The lowest BCUT2D eigenvalue weighted by molar-refractivity contribution is -0.149. The number of aliphatic carboxylic acids is 1.